The van der Waals surface area contributed by atoms with Crippen LogP contribution in [0, 0.1) is 6.92 Å². The molecule has 98 valence electrons. The van der Waals surface area contributed by atoms with Crippen LogP contribution in [0.3, 0.4) is 0 Å². The molecule has 2 rings (SSSR count). The maximum absolute atomic E-state index is 11.6. The van der Waals surface area contributed by atoms with E-state index in [0.717, 1.165) is 11.1 Å². The van der Waals surface area contributed by atoms with Crippen LogP contribution in [-0.4, -0.2) is 21.6 Å². The van der Waals surface area contributed by atoms with Gasteiger partial charge in [-0.3, -0.25) is 9.59 Å². The third-order valence-electron chi connectivity index (χ3n) is 2.76. The number of benzene rings is 1. The zero-order valence-corrected chi connectivity index (χ0v) is 10.9. The van der Waals surface area contributed by atoms with E-state index >= 15 is 0 Å². The predicted molar refractivity (Wildman–Crippen MR) is 71.6 cm³/mol. The van der Waals surface area contributed by atoms with Crippen LogP contribution in [0.1, 0.15) is 23.0 Å². The first kappa shape index (κ1) is 13.0. The third kappa shape index (κ3) is 2.88. The van der Waals surface area contributed by atoms with Gasteiger partial charge in [0.05, 0.1) is 17.8 Å². The van der Waals surface area contributed by atoms with Gasteiger partial charge in [-0.15, -0.1) is 0 Å². The molecule has 5 nitrogen and oxygen atoms in total. The number of aromatic nitrogens is 2. The fourth-order valence-corrected chi connectivity index (χ4v) is 1.87. The van der Waals surface area contributed by atoms with Crippen molar-refractivity contribution in [3.63, 3.8) is 0 Å². The number of primary amides is 1. The van der Waals surface area contributed by atoms with Gasteiger partial charge in [0.15, 0.2) is 0 Å². The summed E-state index contributed by atoms with van der Waals surface area (Å²) in [6.07, 6.45) is 0.0269. The zero-order valence-electron chi connectivity index (χ0n) is 10.9. The molecule has 0 radical (unpaired) electrons. The van der Waals surface area contributed by atoms with E-state index in [1.807, 2.05) is 31.2 Å². The first-order valence-corrected chi connectivity index (χ1v) is 5.92. The number of rotatable bonds is 3. The number of amides is 1. The molecule has 1 aromatic carbocycles. The van der Waals surface area contributed by atoms with Gasteiger partial charge in [-0.25, -0.2) is 4.68 Å². The molecule has 0 saturated heterocycles. The summed E-state index contributed by atoms with van der Waals surface area (Å²) in [5, 5.41) is 4.11. The molecular formula is C14H15N3O2. The van der Waals surface area contributed by atoms with E-state index in [0.29, 0.717) is 11.4 Å². The maximum atomic E-state index is 11.6. The SMILES string of the molecule is CC(=O)n1nc(CC(N)=O)cc1-c1ccc(C)cc1. The topological polar surface area (TPSA) is 78.0 Å². The highest BCUT2D eigenvalue weighted by Gasteiger charge is 2.14. The van der Waals surface area contributed by atoms with Gasteiger partial charge in [0.1, 0.15) is 0 Å². The Labute approximate surface area is 111 Å². The second kappa shape index (κ2) is 5.06. The van der Waals surface area contributed by atoms with E-state index in [1.54, 1.807) is 6.07 Å². The first-order valence-electron chi connectivity index (χ1n) is 5.92. The maximum Gasteiger partial charge on any atom is 0.244 e. The quantitative estimate of drug-likeness (QED) is 0.906. The summed E-state index contributed by atoms with van der Waals surface area (Å²) in [7, 11) is 0. The lowest BCUT2D eigenvalue weighted by Crippen LogP contribution is -2.15. The molecule has 0 unspecified atom stereocenters. The van der Waals surface area contributed by atoms with Crippen molar-refractivity contribution in [3.05, 3.63) is 41.6 Å². The van der Waals surface area contributed by atoms with Crippen molar-refractivity contribution < 1.29 is 9.59 Å². The average Bonchev–Trinajstić information content (AvgIpc) is 2.73. The molecule has 0 bridgehead atoms. The van der Waals surface area contributed by atoms with Crippen molar-refractivity contribution in [1.29, 1.82) is 0 Å². The predicted octanol–water partition coefficient (Wildman–Crippen LogP) is 1.55. The average molecular weight is 257 g/mol. The van der Waals surface area contributed by atoms with E-state index in [1.165, 1.54) is 11.6 Å². The number of nitrogens with two attached hydrogens (primary N) is 1. The summed E-state index contributed by atoms with van der Waals surface area (Å²) in [5.41, 5.74) is 8.33. The highest BCUT2D eigenvalue weighted by atomic mass is 16.2. The summed E-state index contributed by atoms with van der Waals surface area (Å²) in [5.74, 6) is -0.671. The lowest BCUT2D eigenvalue weighted by molar-refractivity contribution is -0.117. The molecule has 5 heteroatoms. The highest BCUT2D eigenvalue weighted by molar-refractivity contribution is 5.82. The van der Waals surface area contributed by atoms with Crippen LogP contribution in [0.25, 0.3) is 11.3 Å². The van der Waals surface area contributed by atoms with Crippen LogP contribution < -0.4 is 5.73 Å². The van der Waals surface area contributed by atoms with Crippen molar-refractivity contribution in [2.45, 2.75) is 20.3 Å². The fraction of sp³-hybridized carbons (Fsp3) is 0.214. The van der Waals surface area contributed by atoms with Crippen LogP contribution in [0.2, 0.25) is 0 Å². The van der Waals surface area contributed by atoms with E-state index in [4.69, 9.17) is 5.73 Å². The van der Waals surface area contributed by atoms with Gasteiger partial charge in [-0.1, -0.05) is 29.8 Å². The van der Waals surface area contributed by atoms with Gasteiger partial charge >= 0.3 is 0 Å². The van der Waals surface area contributed by atoms with Crippen molar-refractivity contribution >= 4 is 11.8 Å². The zero-order chi connectivity index (χ0) is 14.0. The Kier molecular flexibility index (Phi) is 3.46. The normalized spacial score (nSPS) is 10.4. The number of nitrogens with zero attached hydrogens (tertiary/aromatic N) is 2. The van der Waals surface area contributed by atoms with E-state index in [-0.39, 0.29) is 12.3 Å². The molecule has 1 heterocycles. The molecule has 2 aromatic rings. The lowest BCUT2D eigenvalue weighted by atomic mass is 10.1. The summed E-state index contributed by atoms with van der Waals surface area (Å²) < 4.78 is 1.29. The fourth-order valence-electron chi connectivity index (χ4n) is 1.87. The molecular weight excluding hydrogens is 242 g/mol. The third-order valence-corrected chi connectivity index (χ3v) is 2.76. The molecule has 0 atom stereocenters. The van der Waals surface area contributed by atoms with Gasteiger partial charge in [-0.05, 0) is 13.0 Å². The second-order valence-electron chi connectivity index (χ2n) is 4.46. The van der Waals surface area contributed by atoms with E-state index in [2.05, 4.69) is 5.10 Å². The highest BCUT2D eigenvalue weighted by Crippen LogP contribution is 2.21. The van der Waals surface area contributed by atoms with E-state index < -0.39 is 5.91 Å². The molecule has 0 saturated carbocycles. The summed E-state index contributed by atoms with van der Waals surface area (Å²) in [6, 6.07) is 9.47. The summed E-state index contributed by atoms with van der Waals surface area (Å²) in [6.45, 7) is 3.42. The van der Waals surface area contributed by atoms with Crippen LogP contribution in [0.15, 0.2) is 30.3 Å². The van der Waals surface area contributed by atoms with Crippen molar-refractivity contribution in [2.75, 3.05) is 0 Å². The Balaban J connectivity index is 2.48. The van der Waals surface area contributed by atoms with Gasteiger partial charge < -0.3 is 5.73 Å². The molecule has 0 aliphatic rings. The Morgan fingerprint density at radius 2 is 1.89 bits per heavy atom. The van der Waals surface area contributed by atoms with Crippen molar-refractivity contribution in [1.82, 2.24) is 9.78 Å². The van der Waals surface area contributed by atoms with Gasteiger partial charge in [0, 0.05) is 12.5 Å². The minimum atomic E-state index is -0.469. The van der Waals surface area contributed by atoms with Gasteiger partial charge in [-0.2, -0.15) is 5.10 Å². The summed E-state index contributed by atoms with van der Waals surface area (Å²) in [4.78, 5) is 22.5. The lowest BCUT2D eigenvalue weighted by Gasteiger charge is -2.03. The number of hydrogen-bond donors (Lipinski definition) is 1. The molecule has 1 aromatic heterocycles. The smallest absolute Gasteiger partial charge is 0.244 e. The standard InChI is InChI=1S/C14H15N3O2/c1-9-3-5-11(6-4-9)13-7-12(8-14(15)19)16-17(13)10(2)18/h3-7H,8H2,1-2H3,(H2,15,19). The minimum absolute atomic E-state index is 0.0269. The molecule has 0 aliphatic heterocycles. The van der Waals surface area contributed by atoms with Crippen LogP contribution in [-0.2, 0) is 11.2 Å². The second-order valence-corrected chi connectivity index (χ2v) is 4.46. The van der Waals surface area contributed by atoms with Gasteiger partial charge in [0.2, 0.25) is 11.8 Å². The van der Waals surface area contributed by atoms with Gasteiger partial charge in [0.25, 0.3) is 0 Å². The van der Waals surface area contributed by atoms with Crippen LogP contribution >= 0.6 is 0 Å². The molecule has 0 aliphatic carbocycles. The Morgan fingerprint density at radius 1 is 1.26 bits per heavy atom. The van der Waals surface area contributed by atoms with Crippen molar-refractivity contribution in [2.24, 2.45) is 5.73 Å². The number of hydrogen-bond acceptors (Lipinski definition) is 3. The van der Waals surface area contributed by atoms with Crippen molar-refractivity contribution in [3.8, 4) is 11.3 Å². The van der Waals surface area contributed by atoms with Crippen LogP contribution in [0.5, 0.6) is 0 Å². The molecule has 2 N–H and O–H groups in total. The minimum Gasteiger partial charge on any atom is -0.369 e. The number of carbonyl (C=O) groups excluding carboxylic acids is 2. The molecule has 0 fully saturated rings. The summed E-state index contributed by atoms with van der Waals surface area (Å²) >= 11 is 0. The Hall–Kier alpha value is -2.43. The molecule has 0 spiro atoms. The molecule has 19 heavy (non-hydrogen) atoms. The number of aryl methyl sites for hydroxylation is 1. The molecule has 1 amide bonds. The van der Waals surface area contributed by atoms with Crippen LogP contribution in [0.4, 0.5) is 0 Å². The Morgan fingerprint density at radius 3 is 2.42 bits per heavy atom. The van der Waals surface area contributed by atoms with E-state index in [9.17, 15) is 9.59 Å². The first-order chi connectivity index (χ1) is 8.97. The Bertz CT molecular complexity index is 627. The monoisotopic (exact) mass is 257 g/mol. The number of carbonyl (C=O) groups is 2. The largest absolute Gasteiger partial charge is 0.369 e.